The topological polar surface area (TPSA) is 29.5 Å². The number of carbonyl (C=O) groups excluding carboxylic acids is 1. The lowest BCUT2D eigenvalue weighted by Gasteiger charge is -2.34. The van der Waals surface area contributed by atoms with Crippen LogP contribution in [0.2, 0.25) is 0 Å². The van der Waals surface area contributed by atoms with E-state index in [1.807, 2.05) is 35.2 Å². The van der Waals surface area contributed by atoms with E-state index in [4.69, 9.17) is 16.3 Å². The number of hydrogen-bond acceptors (Lipinski definition) is 2. The number of ether oxygens (including phenoxy) is 1. The van der Waals surface area contributed by atoms with E-state index in [-0.39, 0.29) is 12.1 Å². The van der Waals surface area contributed by atoms with Gasteiger partial charge in [0.05, 0.1) is 0 Å². The number of likely N-dealkylation sites (tertiary alicyclic amines) is 1. The molecule has 1 aromatic rings. The molecule has 1 aliphatic heterocycles. The van der Waals surface area contributed by atoms with Crippen LogP contribution >= 0.6 is 11.6 Å². The van der Waals surface area contributed by atoms with Crippen LogP contribution in [0.3, 0.4) is 0 Å². The van der Waals surface area contributed by atoms with E-state index in [1.54, 1.807) is 0 Å². The number of hydrogen-bond donors (Lipinski definition) is 0. The largest absolute Gasteiger partial charge is 0.445 e. The number of halogens is 1. The summed E-state index contributed by atoms with van der Waals surface area (Å²) in [6.07, 6.45) is 3.90. The highest BCUT2D eigenvalue weighted by Crippen LogP contribution is 2.21. The molecular weight excluding hydrogens is 262 g/mol. The van der Waals surface area contributed by atoms with Crippen molar-refractivity contribution >= 4 is 17.7 Å². The molecule has 3 nitrogen and oxygen atoms in total. The second-order valence-electron chi connectivity index (χ2n) is 4.86. The second-order valence-corrected chi connectivity index (χ2v) is 5.24. The van der Waals surface area contributed by atoms with Crippen molar-refractivity contribution in [3.63, 3.8) is 0 Å². The Labute approximate surface area is 119 Å². The number of rotatable bonds is 4. The first kappa shape index (κ1) is 14.2. The third-order valence-electron chi connectivity index (χ3n) is 3.51. The maximum atomic E-state index is 12.1. The number of alkyl halides is 1. The molecule has 1 aliphatic rings. The first-order chi connectivity index (χ1) is 9.31. The minimum Gasteiger partial charge on any atom is -0.445 e. The summed E-state index contributed by atoms with van der Waals surface area (Å²) in [7, 11) is 0. The van der Waals surface area contributed by atoms with Crippen molar-refractivity contribution in [1.82, 2.24) is 4.90 Å². The van der Waals surface area contributed by atoms with Gasteiger partial charge in [0.15, 0.2) is 0 Å². The summed E-state index contributed by atoms with van der Waals surface area (Å²) in [4.78, 5) is 14.0. The molecule has 1 unspecified atom stereocenters. The maximum Gasteiger partial charge on any atom is 0.410 e. The summed E-state index contributed by atoms with van der Waals surface area (Å²) in [6, 6.07) is 10.0. The second kappa shape index (κ2) is 7.39. The molecule has 0 N–H and O–H groups in total. The molecule has 0 radical (unpaired) electrons. The van der Waals surface area contributed by atoms with Gasteiger partial charge in [0, 0.05) is 18.5 Å². The van der Waals surface area contributed by atoms with E-state index >= 15 is 0 Å². The Kier molecular flexibility index (Phi) is 5.52. The van der Waals surface area contributed by atoms with Crippen LogP contribution < -0.4 is 0 Å². The van der Waals surface area contributed by atoms with Crippen molar-refractivity contribution in [2.45, 2.75) is 38.3 Å². The lowest BCUT2D eigenvalue weighted by atomic mass is 10.0. The van der Waals surface area contributed by atoms with E-state index in [2.05, 4.69) is 0 Å². The summed E-state index contributed by atoms with van der Waals surface area (Å²) in [6.45, 7) is 1.12. The van der Waals surface area contributed by atoms with Crippen molar-refractivity contribution in [2.75, 3.05) is 12.4 Å². The lowest BCUT2D eigenvalue weighted by Crippen LogP contribution is -2.44. The third-order valence-corrected chi connectivity index (χ3v) is 3.73. The van der Waals surface area contributed by atoms with E-state index in [9.17, 15) is 4.79 Å². The lowest BCUT2D eigenvalue weighted by molar-refractivity contribution is 0.0674. The number of carbonyl (C=O) groups is 1. The van der Waals surface area contributed by atoms with Crippen LogP contribution in [0.25, 0.3) is 0 Å². The average molecular weight is 282 g/mol. The molecule has 1 fully saturated rings. The maximum absolute atomic E-state index is 12.1. The zero-order chi connectivity index (χ0) is 13.5. The Bertz CT molecular complexity index is 394. The third kappa shape index (κ3) is 4.13. The van der Waals surface area contributed by atoms with Gasteiger partial charge in [-0.15, -0.1) is 11.6 Å². The highest BCUT2D eigenvalue weighted by molar-refractivity contribution is 6.17. The number of nitrogens with zero attached hydrogens (tertiary/aromatic N) is 1. The Morgan fingerprint density at radius 3 is 2.84 bits per heavy atom. The highest BCUT2D eigenvalue weighted by Gasteiger charge is 2.27. The standard InChI is InChI=1S/C15H20ClNO2/c16-10-9-14-8-4-5-11-17(14)15(18)19-12-13-6-2-1-3-7-13/h1-3,6-7,14H,4-5,8-12H2. The monoisotopic (exact) mass is 281 g/mol. The fourth-order valence-electron chi connectivity index (χ4n) is 2.47. The molecule has 0 spiro atoms. The van der Waals surface area contributed by atoms with Crippen molar-refractivity contribution in [3.8, 4) is 0 Å². The van der Waals surface area contributed by atoms with E-state index < -0.39 is 0 Å². The molecule has 1 amide bonds. The van der Waals surface area contributed by atoms with Crippen LogP contribution in [0, 0.1) is 0 Å². The van der Waals surface area contributed by atoms with Crippen LogP contribution in [-0.2, 0) is 11.3 Å². The molecule has 1 saturated heterocycles. The van der Waals surface area contributed by atoms with Crippen molar-refractivity contribution < 1.29 is 9.53 Å². The van der Waals surface area contributed by atoms with Gasteiger partial charge in [0.1, 0.15) is 6.61 Å². The fourth-order valence-corrected chi connectivity index (χ4v) is 2.72. The van der Waals surface area contributed by atoms with Crippen LogP contribution in [0.5, 0.6) is 0 Å². The molecule has 1 atom stereocenters. The van der Waals surface area contributed by atoms with E-state index in [0.717, 1.165) is 31.4 Å². The molecule has 0 saturated carbocycles. The normalized spacial score (nSPS) is 19.2. The zero-order valence-electron chi connectivity index (χ0n) is 11.1. The predicted octanol–water partition coefficient (Wildman–Crippen LogP) is 3.81. The van der Waals surface area contributed by atoms with Gasteiger partial charge < -0.3 is 9.64 Å². The van der Waals surface area contributed by atoms with Gasteiger partial charge in [0.2, 0.25) is 0 Å². The molecule has 0 aromatic heterocycles. The molecule has 4 heteroatoms. The van der Waals surface area contributed by atoms with Crippen molar-refractivity contribution in [2.24, 2.45) is 0 Å². The predicted molar refractivity (Wildman–Crippen MR) is 76.3 cm³/mol. The van der Waals surface area contributed by atoms with Crippen LogP contribution in [-0.4, -0.2) is 29.5 Å². The van der Waals surface area contributed by atoms with Crippen molar-refractivity contribution in [1.29, 1.82) is 0 Å². The quantitative estimate of drug-likeness (QED) is 0.786. The van der Waals surface area contributed by atoms with Gasteiger partial charge in [-0.25, -0.2) is 4.79 Å². The molecule has 0 bridgehead atoms. The molecular formula is C15H20ClNO2. The summed E-state index contributed by atoms with van der Waals surface area (Å²) in [5, 5.41) is 0. The Morgan fingerprint density at radius 2 is 2.11 bits per heavy atom. The van der Waals surface area contributed by atoms with E-state index in [0.29, 0.717) is 12.5 Å². The zero-order valence-corrected chi connectivity index (χ0v) is 11.8. The van der Waals surface area contributed by atoms with E-state index in [1.165, 1.54) is 6.42 Å². The Balaban J connectivity index is 1.87. The first-order valence-electron chi connectivity index (χ1n) is 6.84. The van der Waals surface area contributed by atoms with Gasteiger partial charge in [-0.05, 0) is 31.2 Å². The van der Waals surface area contributed by atoms with Gasteiger partial charge >= 0.3 is 6.09 Å². The van der Waals surface area contributed by atoms with Crippen molar-refractivity contribution in [3.05, 3.63) is 35.9 Å². The summed E-state index contributed by atoms with van der Waals surface area (Å²) < 4.78 is 5.39. The van der Waals surface area contributed by atoms with Gasteiger partial charge in [-0.1, -0.05) is 30.3 Å². The number of piperidine rings is 1. The first-order valence-corrected chi connectivity index (χ1v) is 7.38. The average Bonchev–Trinajstić information content (AvgIpc) is 2.47. The van der Waals surface area contributed by atoms with Crippen LogP contribution in [0.1, 0.15) is 31.2 Å². The number of amides is 1. The fraction of sp³-hybridized carbons (Fsp3) is 0.533. The van der Waals surface area contributed by atoms with Gasteiger partial charge in [0.25, 0.3) is 0 Å². The van der Waals surface area contributed by atoms with Gasteiger partial charge in [-0.3, -0.25) is 0 Å². The Hall–Kier alpha value is -1.22. The highest BCUT2D eigenvalue weighted by atomic mass is 35.5. The minimum absolute atomic E-state index is 0.210. The van der Waals surface area contributed by atoms with Crippen LogP contribution in [0.15, 0.2) is 30.3 Å². The minimum atomic E-state index is -0.210. The molecule has 104 valence electrons. The molecule has 0 aliphatic carbocycles. The smallest absolute Gasteiger partial charge is 0.410 e. The summed E-state index contributed by atoms with van der Waals surface area (Å²) in [5.41, 5.74) is 1.02. The molecule has 2 rings (SSSR count). The summed E-state index contributed by atoms with van der Waals surface area (Å²) in [5.74, 6) is 0.590. The van der Waals surface area contributed by atoms with Gasteiger partial charge in [-0.2, -0.15) is 0 Å². The summed E-state index contributed by atoms with van der Waals surface area (Å²) >= 11 is 5.80. The molecule has 1 aromatic carbocycles. The molecule has 19 heavy (non-hydrogen) atoms. The Morgan fingerprint density at radius 1 is 1.32 bits per heavy atom. The SMILES string of the molecule is O=C(OCc1ccccc1)N1CCCCC1CCCl. The molecule has 1 heterocycles. The number of benzene rings is 1. The van der Waals surface area contributed by atoms with Crippen LogP contribution in [0.4, 0.5) is 4.79 Å².